The van der Waals surface area contributed by atoms with Gasteiger partial charge in [0, 0.05) is 12.6 Å². The lowest BCUT2D eigenvalue weighted by Crippen LogP contribution is -2.64. The van der Waals surface area contributed by atoms with Crippen LogP contribution < -0.4 is 0 Å². The first-order chi connectivity index (χ1) is 9.19. The second-order valence-electron chi connectivity index (χ2n) is 5.82. The SMILES string of the molecule is COC(=O)C1(N(C(=O)[C@H]2CCCO2)C2CC2)CCC1. The van der Waals surface area contributed by atoms with Crippen molar-refractivity contribution in [2.75, 3.05) is 13.7 Å². The monoisotopic (exact) mass is 267 g/mol. The van der Waals surface area contributed by atoms with Crippen LogP contribution in [0.5, 0.6) is 0 Å². The molecule has 0 radical (unpaired) electrons. The van der Waals surface area contributed by atoms with E-state index in [4.69, 9.17) is 9.47 Å². The highest BCUT2D eigenvalue weighted by molar-refractivity contribution is 5.91. The van der Waals surface area contributed by atoms with E-state index in [9.17, 15) is 9.59 Å². The Morgan fingerprint density at radius 1 is 1.21 bits per heavy atom. The quantitative estimate of drug-likeness (QED) is 0.719. The van der Waals surface area contributed by atoms with Crippen LogP contribution in [0.2, 0.25) is 0 Å². The van der Waals surface area contributed by atoms with Gasteiger partial charge in [0.2, 0.25) is 0 Å². The Bertz CT molecular complexity index is 381. The van der Waals surface area contributed by atoms with Crippen molar-refractivity contribution >= 4 is 11.9 Å². The molecule has 1 aliphatic heterocycles. The number of amides is 1. The highest BCUT2D eigenvalue weighted by Crippen LogP contribution is 2.45. The molecule has 2 aliphatic carbocycles. The molecule has 19 heavy (non-hydrogen) atoms. The van der Waals surface area contributed by atoms with E-state index in [2.05, 4.69) is 0 Å². The van der Waals surface area contributed by atoms with E-state index in [-0.39, 0.29) is 24.0 Å². The molecule has 106 valence electrons. The molecule has 1 heterocycles. The molecule has 2 saturated carbocycles. The van der Waals surface area contributed by atoms with Gasteiger partial charge in [0.1, 0.15) is 11.6 Å². The van der Waals surface area contributed by atoms with Crippen molar-refractivity contribution in [3.63, 3.8) is 0 Å². The van der Waals surface area contributed by atoms with E-state index in [0.29, 0.717) is 6.61 Å². The topological polar surface area (TPSA) is 55.8 Å². The van der Waals surface area contributed by atoms with Gasteiger partial charge in [0.15, 0.2) is 0 Å². The van der Waals surface area contributed by atoms with Crippen molar-refractivity contribution in [1.82, 2.24) is 4.90 Å². The Hall–Kier alpha value is -1.10. The van der Waals surface area contributed by atoms with E-state index in [0.717, 1.165) is 44.9 Å². The third-order valence-corrected chi connectivity index (χ3v) is 4.56. The Balaban J connectivity index is 1.83. The number of methoxy groups -OCH3 is 1. The van der Waals surface area contributed by atoms with Crippen LogP contribution in [-0.4, -0.2) is 48.2 Å². The van der Waals surface area contributed by atoms with Gasteiger partial charge in [-0.05, 0) is 44.9 Å². The van der Waals surface area contributed by atoms with Crippen molar-refractivity contribution in [3.05, 3.63) is 0 Å². The molecular weight excluding hydrogens is 246 g/mol. The highest BCUT2D eigenvalue weighted by Gasteiger charge is 2.57. The first-order valence-corrected chi connectivity index (χ1v) is 7.22. The molecule has 0 aromatic carbocycles. The molecule has 0 aromatic rings. The van der Waals surface area contributed by atoms with Gasteiger partial charge in [-0.1, -0.05) is 0 Å². The van der Waals surface area contributed by atoms with Crippen molar-refractivity contribution < 1.29 is 19.1 Å². The van der Waals surface area contributed by atoms with Gasteiger partial charge in [-0.3, -0.25) is 4.79 Å². The summed E-state index contributed by atoms with van der Waals surface area (Å²) >= 11 is 0. The fraction of sp³-hybridized carbons (Fsp3) is 0.857. The maximum atomic E-state index is 12.7. The molecule has 3 fully saturated rings. The number of ether oxygens (including phenoxy) is 2. The van der Waals surface area contributed by atoms with Crippen LogP contribution in [0.15, 0.2) is 0 Å². The summed E-state index contributed by atoms with van der Waals surface area (Å²) in [7, 11) is 1.41. The predicted octanol–water partition coefficient (Wildman–Crippen LogP) is 1.25. The summed E-state index contributed by atoms with van der Waals surface area (Å²) in [5.41, 5.74) is -0.695. The van der Waals surface area contributed by atoms with Crippen LogP contribution in [0.4, 0.5) is 0 Å². The number of nitrogens with zero attached hydrogens (tertiary/aromatic N) is 1. The molecule has 1 amide bonds. The minimum atomic E-state index is -0.695. The van der Waals surface area contributed by atoms with Gasteiger partial charge in [-0.25, -0.2) is 4.79 Å². The van der Waals surface area contributed by atoms with Crippen LogP contribution >= 0.6 is 0 Å². The van der Waals surface area contributed by atoms with Crippen LogP contribution in [0, 0.1) is 0 Å². The molecule has 3 aliphatic rings. The minimum Gasteiger partial charge on any atom is -0.467 e. The van der Waals surface area contributed by atoms with E-state index in [1.807, 2.05) is 4.90 Å². The largest absolute Gasteiger partial charge is 0.467 e. The van der Waals surface area contributed by atoms with E-state index in [1.54, 1.807) is 0 Å². The van der Waals surface area contributed by atoms with Gasteiger partial charge in [-0.2, -0.15) is 0 Å². The molecule has 3 rings (SSSR count). The summed E-state index contributed by atoms with van der Waals surface area (Å²) in [6, 6.07) is 0.219. The summed E-state index contributed by atoms with van der Waals surface area (Å²) < 4.78 is 10.5. The molecular formula is C14H21NO4. The zero-order chi connectivity index (χ0) is 13.5. The van der Waals surface area contributed by atoms with Gasteiger partial charge >= 0.3 is 5.97 Å². The number of rotatable bonds is 4. The average Bonchev–Trinajstić information content (AvgIpc) is 3.04. The molecule has 1 atom stereocenters. The minimum absolute atomic E-state index is 0.00472. The van der Waals surface area contributed by atoms with Gasteiger partial charge in [0.05, 0.1) is 7.11 Å². The maximum Gasteiger partial charge on any atom is 0.331 e. The Morgan fingerprint density at radius 2 is 1.95 bits per heavy atom. The zero-order valence-corrected chi connectivity index (χ0v) is 11.4. The normalized spacial score (nSPS) is 28.6. The summed E-state index contributed by atoms with van der Waals surface area (Å²) in [4.78, 5) is 26.6. The van der Waals surface area contributed by atoms with Crippen molar-refractivity contribution in [2.24, 2.45) is 0 Å². The zero-order valence-electron chi connectivity index (χ0n) is 11.4. The molecule has 0 aromatic heterocycles. The Morgan fingerprint density at radius 3 is 2.37 bits per heavy atom. The fourth-order valence-corrected chi connectivity index (χ4v) is 3.25. The number of carbonyl (C=O) groups is 2. The fourth-order valence-electron chi connectivity index (χ4n) is 3.25. The van der Waals surface area contributed by atoms with Crippen LogP contribution in [-0.2, 0) is 19.1 Å². The lowest BCUT2D eigenvalue weighted by Gasteiger charge is -2.48. The standard InChI is InChI=1S/C14H21NO4/c1-18-13(17)14(7-3-8-14)15(10-5-6-10)12(16)11-4-2-9-19-11/h10-11H,2-9H2,1H3/t11-/m1/s1. The highest BCUT2D eigenvalue weighted by atomic mass is 16.5. The smallest absolute Gasteiger partial charge is 0.331 e. The number of carbonyl (C=O) groups excluding carboxylic acids is 2. The summed E-state index contributed by atoms with van der Waals surface area (Å²) in [6.07, 6.45) is 5.80. The molecule has 5 heteroatoms. The number of hydrogen-bond donors (Lipinski definition) is 0. The van der Waals surface area contributed by atoms with E-state index in [1.165, 1.54) is 7.11 Å². The maximum absolute atomic E-state index is 12.7. The van der Waals surface area contributed by atoms with Crippen LogP contribution in [0.3, 0.4) is 0 Å². The first-order valence-electron chi connectivity index (χ1n) is 7.22. The second kappa shape index (κ2) is 4.78. The molecule has 0 bridgehead atoms. The first kappa shape index (κ1) is 12.9. The number of esters is 1. The van der Waals surface area contributed by atoms with E-state index < -0.39 is 5.54 Å². The average molecular weight is 267 g/mol. The number of hydrogen-bond acceptors (Lipinski definition) is 4. The lowest BCUT2D eigenvalue weighted by atomic mass is 9.74. The third kappa shape index (κ3) is 2.04. The van der Waals surface area contributed by atoms with Crippen molar-refractivity contribution in [3.8, 4) is 0 Å². The van der Waals surface area contributed by atoms with Crippen molar-refractivity contribution in [1.29, 1.82) is 0 Å². The summed E-state index contributed by atoms with van der Waals surface area (Å²) in [5.74, 6) is -0.248. The van der Waals surface area contributed by atoms with Crippen LogP contribution in [0.25, 0.3) is 0 Å². The molecule has 0 unspecified atom stereocenters. The Kier molecular flexibility index (Phi) is 3.25. The molecule has 0 spiro atoms. The third-order valence-electron chi connectivity index (χ3n) is 4.56. The second-order valence-corrected chi connectivity index (χ2v) is 5.82. The van der Waals surface area contributed by atoms with E-state index >= 15 is 0 Å². The molecule has 5 nitrogen and oxygen atoms in total. The Labute approximate surface area is 113 Å². The molecule has 1 saturated heterocycles. The predicted molar refractivity (Wildman–Crippen MR) is 67.4 cm³/mol. The van der Waals surface area contributed by atoms with Crippen molar-refractivity contribution in [2.45, 2.75) is 62.6 Å². The molecule has 0 N–H and O–H groups in total. The summed E-state index contributed by atoms with van der Waals surface area (Å²) in [5, 5.41) is 0. The van der Waals surface area contributed by atoms with Gasteiger partial charge < -0.3 is 14.4 Å². The summed E-state index contributed by atoms with van der Waals surface area (Å²) in [6.45, 7) is 0.653. The van der Waals surface area contributed by atoms with Crippen LogP contribution in [0.1, 0.15) is 44.9 Å². The van der Waals surface area contributed by atoms with Gasteiger partial charge in [-0.15, -0.1) is 0 Å². The lowest BCUT2D eigenvalue weighted by molar-refractivity contribution is -0.173. The van der Waals surface area contributed by atoms with Gasteiger partial charge in [0.25, 0.3) is 5.91 Å².